The summed E-state index contributed by atoms with van der Waals surface area (Å²) in [5.41, 5.74) is -0.149. The molecule has 6 nitrogen and oxygen atoms in total. The third-order valence-corrected chi connectivity index (χ3v) is 2.02. The van der Waals surface area contributed by atoms with Crippen molar-refractivity contribution in [1.82, 2.24) is 19.7 Å². The Kier molecular flexibility index (Phi) is 3.90. The van der Waals surface area contributed by atoms with E-state index in [2.05, 4.69) is 10.4 Å². The number of ether oxygens (including phenoxy) is 1. The molecule has 0 bridgehead atoms. The molecule has 86 valence electrons. The molecular formula is C9H18N4O2. The number of rotatable bonds is 5. The summed E-state index contributed by atoms with van der Waals surface area (Å²) in [6, 6.07) is 0.434. The molecule has 0 saturated carbocycles. The first-order valence-electron chi connectivity index (χ1n) is 5.01. The second-order valence-corrected chi connectivity index (χ2v) is 3.60. The third kappa shape index (κ3) is 2.59. The van der Waals surface area contributed by atoms with Crippen LogP contribution in [0.1, 0.15) is 19.9 Å². The van der Waals surface area contributed by atoms with Crippen molar-refractivity contribution in [2.75, 3.05) is 20.2 Å². The standard InChI is InChI=1S/C9H18N4O2/c1-7(2)13-8(15-6-5-10-3)11-12(4)9(13)14/h7,10H,5-6H2,1-4H3. The average Bonchev–Trinajstić information content (AvgIpc) is 2.43. The monoisotopic (exact) mass is 214 g/mol. The fraction of sp³-hybridized carbons (Fsp3) is 0.778. The molecule has 15 heavy (non-hydrogen) atoms. The van der Waals surface area contributed by atoms with Gasteiger partial charge in [-0.1, -0.05) is 0 Å². The van der Waals surface area contributed by atoms with Crippen molar-refractivity contribution >= 4 is 0 Å². The molecule has 0 unspecified atom stereocenters. The van der Waals surface area contributed by atoms with Crippen LogP contribution in [0, 0.1) is 0 Å². The summed E-state index contributed by atoms with van der Waals surface area (Å²) < 4.78 is 8.23. The lowest BCUT2D eigenvalue weighted by atomic mass is 10.4. The summed E-state index contributed by atoms with van der Waals surface area (Å²) >= 11 is 0. The van der Waals surface area contributed by atoms with Crippen LogP contribution < -0.4 is 15.7 Å². The molecule has 0 aliphatic rings. The van der Waals surface area contributed by atoms with Gasteiger partial charge in [0.25, 0.3) is 0 Å². The lowest BCUT2D eigenvalue weighted by Crippen LogP contribution is -2.25. The van der Waals surface area contributed by atoms with E-state index in [9.17, 15) is 4.79 Å². The van der Waals surface area contributed by atoms with Crippen LogP contribution in [0.3, 0.4) is 0 Å². The highest BCUT2D eigenvalue weighted by Gasteiger charge is 2.14. The first-order valence-corrected chi connectivity index (χ1v) is 5.01. The molecule has 1 rings (SSSR count). The van der Waals surface area contributed by atoms with Crippen molar-refractivity contribution in [3.63, 3.8) is 0 Å². The lowest BCUT2D eigenvalue weighted by molar-refractivity contribution is 0.271. The van der Waals surface area contributed by atoms with E-state index < -0.39 is 0 Å². The molecule has 0 saturated heterocycles. The Hall–Kier alpha value is -1.30. The molecule has 0 atom stereocenters. The van der Waals surface area contributed by atoms with Gasteiger partial charge in [0.1, 0.15) is 6.61 Å². The van der Waals surface area contributed by atoms with Gasteiger partial charge in [0.15, 0.2) is 0 Å². The molecule has 0 radical (unpaired) electrons. The first kappa shape index (κ1) is 11.8. The smallest absolute Gasteiger partial charge is 0.348 e. The van der Waals surface area contributed by atoms with Gasteiger partial charge in [0.05, 0.1) is 0 Å². The maximum atomic E-state index is 11.6. The van der Waals surface area contributed by atoms with Gasteiger partial charge in [0.2, 0.25) is 0 Å². The topological polar surface area (TPSA) is 61.1 Å². The Morgan fingerprint density at radius 2 is 2.20 bits per heavy atom. The van der Waals surface area contributed by atoms with Crippen LogP contribution in [0.15, 0.2) is 4.79 Å². The zero-order valence-electron chi connectivity index (χ0n) is 9.65. The van der Waals surface area contributed by atoms with Gasteiger partial charge >= 0.3 is 11.7 Å². The molecule has 0 amide bonds. The number of aryl methyl sites for hydroxylation is 1. The van der Waals surface area contributed by atoms with E-state index in [0.717, 1.165) is 6.54 Å². The summed E-state index contributed by atoms with van der Waals surface area (Å²) in [5, 5.41) is 6.98. The molecule has 6 heteroatoms. The lowest BCUT2D eigenvalue weighted by Gasteiger charge is -2.09. The molecule has 1 aromatic heterocycles. The fourth-order valence-corrected chi connectivity index (χ4v) is 1.24. The van der Waals surface area contributed by atoms with Gasteiger partial charge in [-0.2, -0.15) is 0 Å². The van der Waals surface area contributed by atoms with Gasteiger partial charge < -0.3 is 10.1 Å². The van der Waals surface area contributed by atoms with E-state index in [0.29, 0.717) is 12.6 Å². The van der Waals surface area contributed by atoms with Crippen LogP contribution in [0.2, 0.25) is 0 Å². The largest absolute Gasteiger partial charge is 0.462 e. The Balaban J connectivity index is 2.87. The van der Waals surface area contributed by atoms with Gasteiger partial charge in [0, 0.05) is 19.6 Å². The summed E-state index contributed by atoms with van der Waals surface area (Å²) in [6.45, 7) is 5.07. The molecule has 1 N–H and O–H groups in total. The molecule has 1 heterocycles. The first-order chi connectivity index (χ1) is 7.07. The predicted molar refractivity (Wildman–Crippen MR) is 57.3 cm³/mol. The van der Waals surface area contributed by atoms with E-state index >= 15 is 0 Å². The van der Waals surface area contributed by atoms with Crippen molar-refractivity contribution in [2.24, 2.45) is 7.05 Å². The maximum Gasteiger partial charge on any atom is 0.348 e. The molecule has 0 fully saturated rings. The van der Waals surface area contributed by atoms with E-state index in [-0.39, 0.29) is 11.7 Å². The number of nitrogens with zero attached hydrogens (tertiary/aromatic N) is 3. The van der Waals surface area contributed by atoms with Gasteiger partial charge in [-0.3, -0.25) is 0 Å². The van der Waals surface area contributed by atoms with Gasteiger partial charge in [-0.25, -0.2) is 14.0 Å². The molecule has 0 spiro atoms. The summed E-state index contributed by atoms with van der Waals surface area (Å²) in [5.74, 6) is 0. The second kappa shape index (κ2) is 4.97. The van der Waals surface area contributed by atoms with Crippen LogP contribution in [0.25, 0.3) is 0 Å². The molecule has 1 aromatic rings. The predicted octanol–water partition coefficient (Wildman–Crippen LogP) is -0.239. The van der Waals surface area contributed by atoms with E-state index in [1.807, 2.05) is 20.9 Å². The quantitative estimate of drug-likeness (QED) is 0.687. The van der Waals surface area contributed by atoms with Crippen molar-refractivity contribution in [3.05, 3.63) is 10.5 Å². The van der Waals surface area contributed by atoms with Crippen molar-refractivity contribution in [3.8, 4) is 6.01 Å². The number of hydrogen-bond acceptors (Lipinski definition) is 4. The highest BCUT2D eigenvalue weighted by Crippen LogP contribution is 2.10. The minimum atomic E-state index is -0.149. The highest BCUT2D eigenvalue weighted by atomic mass is 16.5. The Morgan fingerprint density at radius 3 is 2.73 bits per heavy atom. The minimum Gasteiger partial charge on any atom is -0.462 e. The number of nitrogens with one attached hydrogen (secondary N) is 1. The minimum absolute atomic E-state index is 0.0517. The molecule has 0 aromatic carbocycles. The van der Waals surface area contributed by atoms with Crippen LogP contribution in [0.5, 0.6) is 6.01 Å². The number of aromatic nitrogens is 3. The maximum absolute atomic E-state index is 11.6. The normalized spacial score (nSPS) is 11.0. The summed E-state index contributed by atoms with van der Waals surface area (Å²) in [7, 11) is 3.46. The second-order valence-electron chi connectivity index (χ2n) is 3.60. The fourth-order valence-electron chi connectivity index (χ4n) is 1.24. The van der Waals surface area contributed by atoms with Crippen LogP contribution in [-0.2, 0) is 7.05 Å². The Morgan fingerprint density at radius 1 is 1.53 bits per heavy atom. The molecular weight excluding hydrogens is 196 g/mol. The zero-order chi connectivity index (χ0) is 11.4. The van der Waals surface area contributed by atoms with E-state index in [4.69, 9.17) is 4.74 Å². The Labute approximate surface area is 88.8 Å². The van der Waals surface area contributed by atoms with Gasteiger partial charge in [-0.15, -0.1) is 5.10 Å². The summed E-state index contributed by atoms with van der Waals surface area (Å²) in [4.78, 5) is 11.6. The number of hydrogen-bond donors (Lipinski definition) is 1. The van der Waals surface area contributed by atoms with Crippen molar-refractivity contribution in [1.29, 1.82) is 0 Å². The molecule has 0 aliphatic carbocycles. The van der Waals surface area contributed by atoms with Crippen LogP contribution in [-0.4, -0.2) is 34.5 Å². The zero-order valence-corrected chi connectivity index (χ0v) is 9.65. The van der Waals surface area contributed by atoms with Gasteiger partial charge in [-0.05, 0) is 20.9 Å². The van der Waals surface area contributed by atoms with Crippen molar-refractivity contribution < 1.29 is 4.74 Å². The Bertz CT molecular complexity index is 367. The van der Waals surface area contributed by atoms with Crippen LogP contribution >= 0.6 is 0 Å². The van der Waals surface area contributed by atoms with E-state index in [1.54, 1.807) is 7.05 Å². The highest BCUT2D eigenvalue weighted by molar-refractivity contribution is 4.95. The third-order valence-electron chi connectivity index (χ3n) is 2.02. The summed E-state index contributed by atoms with van der Waals surface area (Å²) in [6.07, 6.45) is 0. The van der Waals surface area contributed by atoms with Crippen molar-refractivity contribution in [2.45, 2.75) is 19.9 Å². The SMILES string of the molecule is CNCCOc1nn(C)c(=O)n1C(C)C. The van der Waals surface area contributed by atoms with E-state index in [1.165, 1.54) is 9.25 Å². The number of likely N-dealkylation sites (N-methyl/N-ethyl adjacent to an activating group) is 1. The average molecular weight is 214 g/mol. The molecule has 0 aliphatic heterocycles. The van der Waals surface area contributed by atoms with Crippen LogP contribution in [0.4, 0.5) is 0 Å².